The van der Waals surface area contributed by atoms with Gasteiger partial charge in [0.15, 0.2) is 12.2 Å². The first kappa shape index (κ1) is 14.9. The number of aliphatic hydroxyl groups is 1. The fraction of sp³-hybridized carbons (Fsp3) is 0.318. The van der Waals surface area contributed by atoms with Crippen molar-refractivity contribution in [3.05, 3.63) is 77.1 Å². The lowest BCUT2D eigenvalue weighted by Gasteiger charge is -2.23. The number of aliphatic hydroxyl groups excluding tert-OH is 1. The van der Waals surface area contributed by atoms with Crippen molar-refractivity contribution in [1.82, 2.24) is 4.90 Å². The Balaban J connectivity index is 1.78. The Labute approximate surface area is 148 Å². The van der Waals surface area contributed by atoms with Crippen LogP contribution in [0.2, 0.25) is 0 Å². The summed E-state index contributed by atoms with van der Waals surface area (Å²) in [4.78, 5) is 2.38. The quantitative estimate of drug-likeness (QED) is 0.813. The van der Waals surface area contributed by atoms with Gasteiger partial charge in [0.25, 0.3) is 0 Å². The molecule has 25 heavy (non-hydrogen) atoms. The van der Waals surface area contributed by atoms with Gasteiger partial charge in [0.2, 0.25) is 5.69 Å². The molecule has 2 aromatic rings. The molecule has 1 aromatic heterocycles. The van der Waals surface area contributed by atoms with E-state index in [0.717, 1.165) is 11.3 Å². The van der Waals surface area contributed by atoms with E-state index in [2.05, 4.69) is 85.1 Å². The Bertz CT molecular complexity index is 958. The highest BCUT2D eigenvalue weighted by Gasteiger charge is 2.77. The fourth-order valence-electron chi connectivity index (χ4n) is 5.23. The van der Waals surface area contributed by atoms with Crippen LogP contribution in [-0.4, -0.2) is 29.2 Å². The molecule has 1 aliphatic carbocycles. The smallest absolute Gasteiger partial charge is 0.213 e. The second kappa shape index (κ2) is 4.83. The van der Waals surface area contributed by atoms with Crippen LogP contribution in [0, 0.1) is 6.92 Å². The largest absolute Gasteiger partial charge is 0.392 e. The molecule has 5 rings (SSSR count). The molecular weight excluding hydrogens is 308 g/mol. The van der Waals surface area contributed by atoms with Crippen LogP contribution in [0.5, 0.6) is 0 Å². The zero-order valence-corrected chi connectivity index (χ0v) is 14.9. The van der Waals surface area contributed by atoms with Gasteiger partial charge in [-0.3, -0.25) is 0 Å². The lowest BCUT2D eigenvalue weighted by atomic mass is 9.95. The van der Waals surface area contributed by atoms with Crippen LogP contribution in [0.25, 0.3) is 11.3 Å². The van der Waals surface area contributed by atoms with Gasteiger partial charge in [-0.1, -0.05) is 24.3 Å². The lowest BCUT2D eigenvalue weighted by Crippen LogP contribution is -2.42. The highest BCUT2D eigenvalue weighted by atomic mass is 16.3. The number of fused-ring (bicyclic) bond motifs is 8. The van der Waals surface area contributed by atoms with E-state index in [0.29, 0.717) is 12.0 Å². The Kier molecular flexibility index (Phi) is 2.88. The molecule has 1 spiro atoms. The zero-order chi connectivity index (χ0) is 17.3. The number of pyridine rings is 1. The van der Waals surface area contributed by atoms with Gasteiger partial charge in [0.05, 0.1) is 12.5 Å². The third-order valence-electron chi connectivity index (χ3n) is 6.30. The summed E-state index contributed by atoms with van der Waals surface area (Å²) in [6, 6.07) is 13.6. The number of allylic oxidation sites excluding steroid dienone is 1. The zero-order valence-electron chi connectivity index (χ0n) is 14.9. The SMILES string of the molecule is C/C=C1/C(CO)=CC2(C3c4ccccc4-c4ccc(C)c[n+]4C32)N1C. The Morgan fingerprint density at radius 2 is 2.04 bits per heavy atom. The number of nitrogens with zero attached hydrogens (tertiary/aromatic N) is 2. The molecule has 1 fully saturated rings. The number of benzene rings is 1. The van der Waals surface area contributed by atoms with Crippen LogP contribution in [0.15, 0.2) is 66.0 Å². The number of hydrogen-bond donors (Lipinski definition) is 1. The van der Waals surface area contributed by atoms with Gasteiger partial charge in [0, 0.05) is 29.9 Å². The molecule has 0 saturated heterocycles. The van der Waals surface area contributed by atoms with Crippen LogP contribution in [0.3, 0.4) is 0 Å². The summed E-state index contributed by atoms with van der Waals surface area (Å²) in [5.41, 5.74) is 7.47. The van der Waals surface area contributed by atoms with E-state index in [1.54, 1.807) is 0 Å². The van der Waals surface area contributed by atoms with E-state index in [-0.39, 0.29) is 12.1 Å². The number of rotatable bonds is 1. The average Bonchev–Trinajstić information content (AvgIpc) is 3.22. The number of aryl methyl sites for hydroxylation is 1. The number of likely N-dealkylation sites (N-methyl/N-ethyl adjacent to an activating group) is 1. The van der Waals surface area contributed by atoms with Gasteiger partial charge < -0.3 is 10.0 Å². The number of hydrogen-bond acceptors (Lipinski definition) is 2. The van der Waals surface area contributed by atoms with E-state index in [9.17, 15) is 5.11 Å². The van der Waals surface area contributed by atoms with Crippen molar-refractivity contribution in [1.29, 1.82) is 0 Å². The maximum absolute atomic E-state index is 9.87. The van der Waals surface area contributed by atoms with Crippen molar-refractivity contribution in [2.75, 3.05) is 13.7 Å². The minimum Gasteiger partial charge on any atom is -0.392 e. The van der Waals surface area contributed by atoms with E-state index in [1.165, 1.54) is 22.4 Å². The third kappa shape index (κ3) is 1.67. The Hall–Kier alpha value is -2.39. The maximum Gasteiger partial charge on any atom is 0.213 e. The fourth-order valence-corrected chi connectivity index (χ4v) is 5.23. The van der Waals surface area contributed by atoms with Gasteiger partial charge in [-0.15, -0.1) is 0 Å². The highest BCUT2D eigenvalue weighted by Crippen LogP contribution is 2.68. The highest BCUT2D eigenvalue weighted by molar-refractivity contribution is 5.69. The summed E-state index contributed by atoms with van der Waals surface area (Å²) in [7, 11) is 2.17. The molecule has 2 aliphatic heterocycles. The van der Waals surface area contributed by atoms with Crippen molar-refractivity contribution in [2.24, 2.45) is 0 Å². The van der Waals surface area contributed by atoms with Gasteiger partial charge in [-0.05, 0) is 43.2 Å². The third-order valence-corrected chi connectivity index (χ3v) is 6.30. The van der Waals surface area contributed by atoms with Gasteiger partial charge in [-0.2, -0.15) is 4.57 Å². The molecule has 0 radical (unpaired) electrons. The average molecular weight is 331 g/mol. The van der Waals surface area contributed by atoms with Crippen molar-refractivity contribution in [3.8, 4) is 11.3 Å². The lowest BCUT2D eigenvalue weighted by molar-refractivity contribution is -0.696. The van der Waals surface area contributed by atoms with E-state index < -0.39 is 0 Å². The predicted octanol–water partition coefficient (Wildman–Crippen LogP) is 3.11. The minimum absolute atomic E-state index is 0.0697. The van der Waals surface area contributed by atoms with Crippen molar-refractivity contribution in [3.63, 3.8) is 0 Å². The molecule has 3 heterocycles. The maximum atomic E-state index is 9.87. The van der Waals surface area contributed by atoms with Crippen molar-refractivity contribution >= 4 is 0 Å². The Morgan fingerprint density at radius 3 is 2.76 bits per heavy atom. The summed E-state index contributed by atoms with van der Waals surface area (Å²) < 4.78 is 2.46. The van der Waals surface area contributed by atoms with E-state index in [1.807, 2.05) is 0 Å². The van der Waals surface area contributed by atoms with Crippen molar-refractivity contribution in [2.45, 2.75) is 31.3 Å². The van der Waals surface area contributed by atoms with Gasteiger partial charge >= 0.3 is 0 Å². The summed E-state index contributed by atoms with van der Waals surface area (Å²) in [6.07, 6.45) is 6.72. The molecule has 1 N–H and O–H groups in total. The van der Waals surface area contributed by atoms with Gasteiger partial charge in [-0.25, -0.2) is 0 Å². The second-order valence-corrected chi connectivity index (χ2v) is 7.46. The summed E-state index contributed by atoms with van der Waals surface area (Å²) in [6.45, 7) is 4.31. The van der Waals surface area contributed by atoms with Gasteiger partial charge in [0.1, 0.15) is 5.54 Å². The molecule has 3 nitrogen and oxygen atoms in total. The summed E-state index contributed by atoms with van der Waals surface area (Å²) in [5.74, 6) is 0.423. The van der Waals surface area contributed by atoms with Crippen LogP contribution in [0.4, 0.5) is 0 Å². The monoisotopic (exact) mass is 331 g/mol. The number of aromatic nitrogens is 1. The Morgan fingerprint density at radius 1 is 1.24 bits per heavy atom. The molecular formula is C22H23N2O+. The van der Waals surface area contributed by atoms with Crippen LogP contribution in [0.1, 0.15) is 30.0 Å². The molecule has 3 atom stereocenters. The molecule has 3 unspecified atom stereocenters. The molecule has 1 aromatic carbocycles. The predicted molar refractivity (Wildman–Crippen MR) is 98.0 cm³/mol. The molecule has 126 valence electrons. The van der Waals surface area contributed by atoms with Crippen LogP contribution >= 0.6 is 0 Å². The normalized spacial score (nSPS) is 30.2. The van der Waals surface area contributed by atoms with Crippen molar-refractivity contribution < 1.29 is 9.67 Å². The van der Waals surface area contributed by atoms with Crippen LogP contribution < -0.4 is 4.57 Å². The molecule has 0 bridgehead atoms. The molecule has 0 amide bonds. The topological polar surface area (TPSA) is 27.4 Å². The molecule has 1 saturated carbocycles. The van der Waals surface area contributed by atoms with E-state index >= 15 is 0 Å². The second-order valence-electron chi connectivity index (χ2n) is 7.46. The van der Waals surface area contributed by atoms with Crippen LogP contribution in [-0.2, 0) is 0 Å². The first-order valence-electron chi connectivity index (χ1n) is 8.97. The molecule has 3 aliphatic rings. The minimum atomic E-state index is -0.0697. The summed E-state index contributed by atoms with van der Waals surface area (Å²) >= 11 is 0. The summed E-state index contributed by atoms with van der Waals surface area (Å²) in [5, 5.41) is 9.87. The first-order chi connectivity index (χ1) is 12.1. The first-order valence-corrected chi connectivity index (χ1v) is 8.97. The van der Waals surface area contributed by atoms with E-state index in [4.69, 9.17) is 0 Å². The standard InChI is InChI=1S/C22H23N2O/c1-4-18-15(13-25)11-22(23(18)3)20-17-8-6-5-7-16(17)19-10-9-14(2)12-24(19)21(20)22/h4-12,20-21,25H,13H2,1-3H3/q+1/b18-4-. The molecule has 3 heteroatoms.